The van der Waals surface area contributed by atoms with Gasteiger partial charge in [0.15, 0.2) is 0 Å². The molecule has 2 rings (SSSR count). The van der Waals surface area contributed by atoms with Gasteiger partial charge in [0.25, 0.3) is 5.69 Å². The molecule has 0 aliphatic carbocycles. The molecule has 0 saturated carbocycles. The Morgan fingerprint density at radius 2 is 1.86 bits per heavy atom. The molecule has 2 aromatic carbocycles. The van der Waals surface area contributed by atoms with Crippen LogP contribution < -0.4 is 5.32 Å². The maximum absolute atomic E-state index is 10.9. The predicted molar refractivity (Wildman–Crippen MR) is 85.0 cm³/mol. The topological polar surface area (TPSA) is 55.2 Å². The summed E-state index contributed by atoms with van der Waals surface area (Å²) in [6.45, 7) is 1.12. The molecule has 0 unspecified atom stereocenters. The summed E-state index contributed by atoms with van der Waals surface area (Å²) in [4.78, 5) is 10.5. The average Bonchev–Trinajstić information content (AvgIpc) is 2.45. The highest BCUT2D eigenvalue weighted by Gasteiger charge is 2.11. The third-order valence-electron chi connectivity index (χ3n) is 3.09. The number of nitrogens with one attached hydrogen (secondary N) is 1. The van der Waals surface area contributed by atoms with Crippen molar-refractivity contribution >= 4 is 28.9 Å². The molecule has 0 atom stereocenters. The zero-order chi connectivity index (χ0) is 15.2. The largest absolute Gasteiger partial charge is 0.312 e. The number of rotatable bonds is 6. The van der Waals surface area contributed by atoms with E-state index in [1.807, 2.05) is 6.07 Å². The number of para-hydroxylation sites is 1. The predicted octanol–water partition coefficient (Wildman–Crippen LogP) is 4.23. The molecular formula is C15H14Cl2N2O2. The van der Waals surface area contributed by atoms with Crippen LogP contribution in [0.25, 0.3) is 0 Å². The molecule has 110 valence electrons. The Kier molecular flexibility index (Phi) is 5.56. The molecule has 0 saturated heterocycles. The van der Waals surface area contributed by atoms with E-state index in [0.29, 0.717) is 28.7 Å². The Morgan fingerprint density at radius 3 is 2.57 bits per heavy atom. The first kappa shape index (κ1) is 15.8. The third-order valence-corrected chi connectivity index (χ3v) is 3.68. The van der Waals surface area contributed by atoms with Crippen LogP contribution in [0.5, 0.6) is 0 Å². The summed E-state index contributed by atoms with van der Waals surface area (Å²) in [5.74, 6) is 0. The van der Waals surface area contributed by atoms with Crippen molar-refractivity contribution in [3.8, 4) is 0 Å². The van der Waals surface area contributed by atoms with Gasteiger partial charge in [-0.1, -0.05) is 47.5 Å². The number of hydrogen-bond donors (Lipinski definition) is 1. The van der Waals surface area contributed by atoms with Crippen molar-refractivity contribution in [1.82, 2.24) is 5.32 Å². The molecule has 6 heteroatoms. The van der Waals surface area contributed by atoms with Crippen LogP contribution in [0.15, 0.2) is 42.5 Å². The molecule has 0 amide bonds. The van der Waals surface area contributed by atoms with Crippen molar-refractivity contribution in [2.45, 2.75) is 13.0 Å². The van der Waals surface area contributed by atoms with Crippen LogP contribution in [0.1, 0.15) is 11.1 Å². The van der Waals surface area contributed by atoms with Crippen LogP contribution in [0.2, 0.25) is 10.0 Å². The second-order valence-corrected chi connectivity index (χ2v) is 5.39. The Hall–Kier alpha value is -1.62. The lowest BCUT2D eigenvalue weighted by Crippen LogP contribution is -2.17. The Balaban J connectivity index is 1.89. The highest BCUT2D eigenvalue weighted by Crippen LogP contribution is 2.21. The molecule has 0 spiro atoms. The second-order valence-electron chi connectivity index (χ2n) is 4.55. The van der Waals surface area contributed by atoms with Gasteiger partial charge in [0.05, 0.1) is 4.92 Å². The van der Waals surface area contributed by atoms with E-state index in [4.69, 9.17) is 23.2 Å². The Labute approximate surface area is 132 Å². The van der Waals surface area contributed by atoms with Crippen LogP contribution in [0.4, 0.5) is 5.69 Å². The number of benzene rings is 2. The van der Waals surface area contributed by atoms with E-state index >= 15 is 0 Å². The molecule has 0 bridgehead atoms. The summed E-state index contributed by atoms with van der Waals surface area (Å²) >= 11 is 11.9. The van der Waals surface area contributed by atoms with Gasteiger partial charge in [-0.25, -0.2) is 0 Å². The van der Waals surface area contributed by atoms with Crippen molar-refractivity contribution in [3.05, 3.63) is 73.8 Å². The van der Waals surface area contributed by atoms with Gasteiger partial charge in [0.1, 0.15) is 0 Å². The first-order valence-electron chi connectivity index (χ1n) is 6.45. The van der Waals surface area contributed by atoms with Crippen LogP contribution in [0.3, 0.4) is 0 Å². The summed E-state index contributed by atoms with van der Waals surface area (Å²) in [7, 11) is 0. The normalized spacial score (nSPS) is 10.6. The maximum atomic E-state index is 10.9. The van der Waals surface area contributed by atoms with Gasteiger partial charge in [0.2, 0.25) is 0 Å². The minimum absolute atomic E-state index is 0.134. The summed E-state index contributed by atoms with van der Waals surface area (Å²) < 4.78 is 0. The molecule has 21 heavy (non-hydrogen) atoms. The number of hydrogen-bond acceptors (Lipinski definition) is 3. The minimum atomic E-state index is -0.368. The SMILES string of the molecule is O=[N+]([O-])c1ccccc1CNCCc1ccc(Cl)cc1Cl. The zero-order valence-corrected chi connectivity index (χ0v) is 12.7. The van der Waals surface area contributed by atoms with Crippen molar-refractivity contribution < 1.29 is 4.92 Å². The molecule has 0 heterocycles. The zero-order valence-electron chi connectivity index (χ0n) is 11.2. The van der Waals surface area contributed by atoms with Crippen LogP contribution >= 0.6 is 23.2 Å². The lowest BCUT2D eigenvalue weighted by atomic mass is 10.1. The highest BCUT2D eigenvalue weighted by molar-refractivity contribution is 6.35. The summed E-state index contributed by atoms with van der Waals surface area (Å²) in [6.07, 6.45) is 0.733. The molecule has 4 nitrogen and oxygen atoms in total. The number of halogens is 2. The standard InChI is InChI=1S/C15H14Cl2N2O2/c16-13-6-5-11(14(17)9-13)7-8-18-10-12-3-1-2-4-15(12)19(20)21/h1-6,9,18H,7-8,10H2. The fourth-order valence-electron chi connectivity index (χ4n) is 2.01. The maximum Gasteiger partial charge on any atom is 0.273 e. The third kappa shape index (κ3) is 4.43. The van der Waals surface area contributed by atoms with Gasteiger partial charge in [0, 0.05) is 28.2 Å². The van der Waals surface area contributed by atoms with Crippen LogP contribution in [-0.4, -0.2) is 11.5 Å². The minimum Gasteiger partial charge on any atom is -0.312 e. The monoisotopic (exact) mass is 324 g/mol. The lowest BCUT2D eigenvalue weighted by molar-refractivity contribution is -0.385. The molecule has 2 aromatic rings. The van der Waals surface area contributed by atoms with Gasteiger partial charge in [-0.15, -0.1) is 0 Å². The van der Waals surface area contributed by atoms with Gasteiger partial charge in [-0.05, 0) is 30.7 Å². The molecule has 0 aliphatic heterocycles. The van der Waals surface area contributed by atoms with E-state index in [9.17, 15) is 10.1 Å². The van der Waals surface area contributed by atoms with Crippen molar-refractivity contribution in [2.75, 3.05) is 6.54 Å². The number of nitro benzene ring substituents is 1. The van der Waals surface area contributed by atoms with Gasteiger partial charge in [-0.3, -0.25) is 10.1 Å². The summed E-state index contributed by atoms with van der Waals surface area (Å²) in [6, 6.07) is 12.1. The Bertz CT molecular complexity index is 647. The highest BCUT2D eigenvalue weighted by atomic mass is 35.5. The molecule has 0 radical (unpaired) electrons. The second kappa shape index (κ2) is 7.41. The fraction of sp³-hybridized carbons (Fsp3) is 0.200. The summed E-state index contributed by atoms with van der Waals surface area (Å²) in [5, 5.41) is 15.3. The molecule has 0 fully saturated rings. The number of nitrogens with zero attached hydrogens (tertiary/aromatic N) is 1. The molecule has 0 aromatic heterocycles. The van der Waals surface area contributed by atoms with Crippen molar-refractivity contribution in [2.24, 2.45) is 0 Å². The van der Waals surface area contributed by atoms with Crippen LogP contribution in [0, 0.1) is 10.1 Å². The van der Waals surface area contributed by atoms with Gasteiger partial charge in [-0.2, -0.15) is 0 Å². The van der Waals surface area contributed by atoms with Gasteiger partial charge < -0.3 is 5.32 Å². The van der Waals surface area contributed by atoms with E-state index in [-0.39, 0.29) is 10.6 Å². The molecular weight excluding hydrogens is 311 g/mol. The lowest BCUT2D eigenvalue weighted by Gasteiger charge is -2.07. The van der Waals surface area contributed by atoms with E-state index in [2.05, 4.69) is 5.32 Å². The molecule has 0 aliphatic rings. The van der Waals surface area contributed by atoms with Gasteiger partial charge >= 0.3 is 0 Å². The first-order valence-corrected chi connectivity index (χ1v) is 7.20. The van der Waals surface area contributed by atoms with E-state index in [1.54, 1.807) is 30.3 Å². The fourth-order valence-corrected chi connectivity index (χ4v) is 2.51. The quantitative estimate of drug-likeness (QED) is 0.491. The first-order chi connectivity index (χ1) is 10.1. The van der Waals surface area contributed by atoms with Crippen molar-refractivity contribution in [3.63, 3.8) is 0 Å². The van der Waals surface area contributed by atoms with Crippen molar-refractivity contribution in [1.29, 1.82) is 0 Å². The molecule has 1 N–H and O–H groups in total. The average molecular weight is 325 g/mol. The van der Waals surface area contributed by atoms with E-state index < -0.39 is 0 Å². The van der Waals surface area contributed by atoms with E-state index in [1.165, 1.54) is 6.07 Å². The smallest absolute Gasteiger partial charge is 0.273 e. The van der Waals surface area contributed by atoms with Crippen LogP contribution in [-0.2, 0) is 13.0 Å². The number of nitro groups is 1. The Morgan fingerprint density at radius 1 is 1.10 bits per heavy atom. The van der Waals surface area contributed by atoms with E-state index in [0.717, 1.165) is 12.0 Å². The summed E-state index contributed by atoms with van der Waals surface area (Å²) in [5.41, 5.74) is 1.80.